The van der Waals surface area contributed by atoms with Crippen LogP contribution in [0.2, 0.25) is 5.02 Å². The van der Waals surface area contributed by atoms with Gasteiger partial charge in [-0.1, -0.05) is 23.7 Å². The second kappa shape index (κ2) is 8.16. The van der Waals surface area contributed by atoms with Crippen LogP contribution in [-0.2, 0) is 0 Å². The summed E-state index contributed by atoms with van der Waals surface area (Å²) in [6.45, 7) is 2.15. The van der Waals surface area contributed by atoms with Gasteiger partial charge in [0.05, 0.1) is 12.6 Å². The van der Waals surface area contributed by atoms with Crippen molar-refractivity contribution in [2.45, 2.75) is 24.9 Å². The highest BCUT2D eigenvalue weighted by atomic mass is 35.5. The van der Waals surface area contributed by atoms with Gasteiger partial charge >= 0.3 is 12.2 Å². The number of Topliss-reactive ketones (excluding diaryl/α,β-unsaturated/α-hetero) is 1. The van der Waals surface area contributed by atoms with E-state index in [2.05, 4.69) is 5.32 Å². The van der Waals surface area contributed by atoms with Crippen LogP contribution in [0.5, 0.6) is 5.75 Å². The highest BCUT2D eigenvalue weighted by Crippen LogP contribution is 2.44. The summed E-state index contributed by atoms with van der Waals surface area (Å²) in [5.74, 6) is -2.65. The Bertz CT molecular complexity index is 935. The van der Waals surface area contributed by atoms with Gasteiger partial charge in [-0.3, -0.25) is 4.79 Å². The molecule has 1 aliphatic heterocycles. The third kappa shape index (κ3) is 4.08. The number of nitrogens with one attached hydrogen (secondary N) is 2. The van der Waals surface area contributed by atoms with Crippen LogP contribution in [0.15, 0.2) is 48.5 Å². The van der Waals surface area contributed by atoms with Crippen molar-refractivity contribution in [2.24, 2.45) is 5.92 Å². The molecule has 1 saturated heterocycles. The van der Waals surface area contributed by atoms with Crippen LogP contribution in [0.3, 0.4) is 0 Å². The van der Waals surface area contributed by atoms with E-state index in [-0.39, 0.29) is 16.1 Å². The molecule has 6 nitrogen and oxygen atoms in total. The summed E-state index contributed by atoms with van der Waals surface area (Å²) >= 11 is 5.79. The number of halogens is 4. The third-order valence-corrected chi connectivity index (χ3v) is 5.02. The number of hydrogen-bond donors (Lipinski definition) is 3. The average Bonchev–Trinajstić information content (AvgIpc) is 2.67. The van der Waals surface area contributed by atoms with Crippen LogP contribution in [0, 0.1) is 5.92 Å². The molecule has 30 heavy (non-hydrogen) atoms. The number of benzene rings is 2. The van der Waals surface area contributed by atoms with Crippen molar-refractivity contribution in [1.82, 2.24) is 10.6 Å². The molecule has 3 atom stereocenters. The predicted octanol–water partition coefficient (Wildman–Crippen LogP) is 3.84. The van der Waals surface area contributed by atoms with Crippen molar-refractivity contribution in [2.75, 3.05) is 6.61 Å². The van der Waals surface area contributed by atoms with Gasteiger partial charge in [-0.15, -0.1) is 0 Å². The highest BCUT2D eigenvalue weighted by molar-refractivity contribution is 6.30. The number of urea groups is 1. The number of ketones is 1. The lowest BCUT2D eigenvalue weighted by Gasteiger charge is -2.45. The molecule has 1 heterocycles. The number of ether oxygens (including phenoxy) is 1. The van der Waals surface area contributed by atoms with Gasteiger partial charge in [0.2, 0.25) is 5.72 Å². The molecule has 160 valence electrons. The van der Waals surface area contributed by atoms with Crippen molar-refractivity contribution >= 4 is 23.4 Å². The summed E-state index contributed by atoms with van der Waals surface area (Å²) < 4.78 is 46.9. The Morgan fingerprint density at radius 3 is 2.30 bits per heavy atom. The molecule has 0 aliphatic carbocycles. The second-order valence-corrected chi connectivity index (χ2v) is 7.13. The number of amides is 2. The molecule has 3 N–H and O–H groups in total. The maximum Gasteiger partial charge on any atom is 0.437 e. The fourth-order valence-electron chi connectivity index (χ4n) is 3.35. The molecule has 0 saturated carbocycles. The van der Waals surface area contributed by atoms with Crippen molar-refractivity contribution in [1.29, 1.82) is 0 Å². The molecule has 2 aromatic carbocycles. The number of hydrogen-bond acceptors (Lipinski definition) is 4. The fraction of sp³-hybridized carbons (Fsp3) is 0.300. The Kier molecular flexibility index (Phi) is 5.96. The minimum Gasteiger partial charge on any atom is -0.494 e. The lowest BCUT2D eigenvalue weighted by molar-refractivity contribution is -0.287. The SMILES string of the molecule is CCOc1ccc([C@H]2NC(=O)N[C@@](O)(C(F)(F)F)[C@H]2C(=O)c2ccc(Cl)cc2)cc1. The zero-order chi connectivity index (χ0) is 22.1. The Labute approximate surface area is 175 Å². The van der Waals surface area contributed by atoms with Crippen LogP contribution in [-0.4, -0.2) is 35.4 Å². The monoisotopic (exact) mass is 442 g/mol. The number of carbonyl (C=O) groups excluding carboxylic acids is 2. The normalized spacial score (nSPS) is 24.0. The van der Waals surface area contributed by atoms with Crippen molar-refractivity contribution in [3.63, 3.8) is 0 Å². The number of alkyl halides is 3. The molecule has 10 heteroatoms. The van der Waals surface area contributed by atoms with E-state index in [1.165, 1.54) is 53.8 Å². The number of rotatable bonds is 5. The summed E-state index contributed by atoms with van der Waals surface area (Å²) in [5, 5.41) is 14.6. The number of carbonyl (C=O) groups is 2. The highest BCUT2D eigenvalue weighted by Gasteiger charge is 2.66. The second-order valence-electron chi connectivity index (χ2n) is 6.69. The van der Waals surface area contributed by atoms with E-state index in [1.807, 2.05) is 0 Å². The zero-order valence-corrected chi connectivity index (χ0v) is 16.4. The first kappa shape index (κ1) is 21.9. The van der Waals surface area contributed by atoms with E-state index in [0.717, 1.165) is 0 Å². The van der Waals surface area contributed by atoms with Gasteiger partial charge in [0.15, 0.2) is 5.78 Å². The van der Waals surface area contributed by atoms with Crippen LogP contribution in [0.1, 0.15) is 28.9 Å². The molecule has 2 aromatic rings. The first-order valence-electron chi connectivity index (χ1n) is 8.97. The standard InChI is InChI=1S/C20H18ClF3N2O4/c1-2-30-14-9-5-11(6-10-14)16-15(17(27)12-3-7-13(21)8-4-12)19(29,20(22,23)24)26-18(28)25-16/h3-10,15-16,29H,2H2,1H3,(H2,25,26,28)/t15-,16-,19+/m1/s1. The predicted molar refractivity (Wildman–Crippen MR) is 102 cm³/mol. The molecule has 1 fully saturated rings. The minimum atomic E-state index is -5.32. The van der Waals surface area contributed by atoms with Crippen LogP contribution in [0.4, 0.5) is 18.0 Å². The van der Waals surface area contributed by atoms with Crippen LogP contribution in [0.25, 0.3) is 0 Å². The van der Waals surface area contributed by atoms with Gasteiger partial charge < -0.3 is 20.5 Å². The number of aliphatic hydroxyl groups is 1. The quantitative estimate of drug-likeness (QED) is 0.614. The van der Waals surface area contributed by atoms with Crippen molar-refractivity contribution in [3.8, 4) is 5.75 Å². The van der Waals surface area contributed by atoms with E-state index in [9.17, 15) is 27.9 Å². The van der Waals surface area contributed by atoms with Gasteiger partial charge in [0.25, 0.3) is 0 Å². The first-order valence-corrected chi connectivity index (χ1v) is 9.35. The van der Waals surface area contributed by atoms with Gasteiger partial charge in [-0.25, -0.2) is 4.79 Å². The Balaban J connectivity index is 2.10. The molecular formula is C20H18ClF3N2O4. The van der Waals surface area contributed by atoms with Crippen molar-refractivity contribution < 1.29 is 32.6 Å². The molecule has 2 amide bonds. The largest absolute Gasteiger partial charge is 0.494 e. The molecule has 0 unspecified atom stereocenters. The average molecular weight is 443 g/mol. The Hall–Kier alpha value is -2.78. The van der Waals surface area contributed by atoms with Gasteiger partial charge in [-0.05, 0) is 48.9 Å². The van der Waals surface area contributed by atoms with Crippen LogP contribution >= 0.6 is 11.6 Å². The van der Waals surface area contributed by atoms with Crippen LogP contribution < -0.4 is 15.4 Å². The summed E-state index contributed by atoms with van der Waals surface area (Å²) in [6.07, 6.45) is -5.32. The Morgan fingerprint density at radius 2 is 1.77 bits per heavy atom. The molecule has 1 aliphatic rings. The van der Waals surface area contributed by atoms with E-state index in [1.54, 1.807) is 6.92 Å². The molecule has 0 aromatic heterocycles. The molecule has 3 rings (SSSR count). The zero-order valence-electron chi connectivity index (χ0n) is 15.7. The smallest absolute Gasteiger partial charge is 0.437 e. The third-order valence-electron chi connectivity index (χ3n) is 4.77. The Morgan fingerprint density at radius 1 is 1.17 bits per heavy atom. The molecule has 0 bridgehead atoms. The first-order chi connectivity index (χ1) is 14.1. The van der Waals surface area contributed by atoms with E-state index >= 15 is 0 Å². The summed E-state index contributed by atoms with van der Waals surface area (Å²) in [6, 6.07) is 8.37. The van der Waals surface area contributed by atoms with E-state index in [4.69, 9.17) is 16.3 Å². The fourth-order valence-corrected chi connectivity index (χ4v) is 3.47. The van der Waals surface area contributed by atoms with Gasteiger partial charge in [0.1, 0.15) is 11.7 Å². The lowest BCUT2D eigenvalue weighted by atomic mass is 9.77. The van der Waals surface area contributed by atoms with Crippen molar-refractivity contribution in [3.05, 3.63) is 64.7 Å². The lowest BCUT2D eigenvalue weighted by Crippen LogP contribution is -2.72. The minimum absolute atomic E-state index is 0.0963. The summed E-state index contributed by atoms with van der Waals surface area (Å²) in [5.41, 5.74) is -3.68. The summed E-state index contributed by atoms with van der Waals surface area (Å²) in [4.78, 5) is 25.1. The molecule has 0 spiro atoms. The van der Waals surface area contributed by atoms with Gasteiger partial charge in [-0.2, -0.15) is 13.2 Å². The van der Waals surface area contributed by atoms with E-state index < -0.39 is 35.7 Å². The van der Waals surface area contributed by atoms with E-state index in [0.29, 0.717) is 12.4 Å². The topological polar surface area (TPSA) is 87.7 Å². The molecule has 0 radical (unpaired) electrons. The maximum atomic E-state index is 13.9. The molecular weight excluding hydrogens is 425 g/mol. The summed E-state index contributed by atoms with van der Waals surface area (Å²) in [7, 11) is 0. The van der Waals surface area contributed by atoms with Gasteiger partial charge in [0, 0.05) is 10.6 Å². The maximum absolute atomic E-state index is 13.9.